The number of ether oxygens (including phenoxy) is 1. The van der Waals surface area contributed by atoms with E-state index in [0.717, 1.165) is 10.8 Å². The summed E-state index contributed by atoms with van der Waals surface area (Å²) in [5.74, 6) is -1.05. The van der Waals surface area contributed by atoms with Crippen molar-refractivity contribution < 1.29 is 13.9 Å². The van der Waals surface area contributed by atoms with Crippen molar-refractivity contribution in [2.45, 2.75) is 25.5 Å². The van der Waals surface area contributed by atoms with Crippen molar-refractivity contribution in [1.82, 2.24) is 9.55 Å². The number of carbonyl (C=O) groups excluding carboxylic acids is 1. The summed E-state index contributed by atoms with van der Waals surface area (Å²) in [5, 5.41) is 2.16. The number of rotatable bonds is 2. The smallest absolute Gasteiger partial charge is 0.343 e. The molecule has 0 spiro atoms. The molecule has 2 atom stereocenters. The van der Waals surface area contributed by atoms with Gasteiger partial charge < -0.3 is 10.1 Å². The average Bonchev–Trinajstić information content (AvgIpc) is 2.69. The summed E-state index contributed by atoms with van der Waals surface area (Å²) in [5.41, 5.74) is -0.695. The molecule has 0 saturated carbocycles. The fourth-order valence-electron chi connectivity index (χ4n) is 1.57. The van der Waals surface area contributed by atoms with E-state index in [1.165, 1.54) is 18.7 Å². The first-order valence-electron chi connectivity index (χ1n) is 5.30. The van der Waals surface area contributed by atoms with Gasteiger partial charge in [0.25, 0.3) is 0 Å². The molecule has 0 radical (unpaired) electrons. The zero-order chi connectivity index (χ0) is 13.3. The van der Waals surface area contributed by atoms with Crippen molar-refractivity contribution in [3.63, 3.8) is 0 Å². The molecular weight excluding hydrogens is 261 g/mol. The molecule has 1 amide bonds. The molecule has 98 valence electrons. The van der Waals surface area contributed by atoms with Crippen molar-refractivity contribution >= 4 is 23.5 Å². The Kier molecular flexibility index (Phi) is 3.67. The van der Waals surface area contributed by atoms with Crippen molar-refractivity contribution in [3.8, 4) is 0 Å². The third-order valence-corrected chi connectivity index (χ3v) is 3.39. The predicted molar refractivity (Wildman–Crippen MR) is 64.8 cm³/mol. The Morgan fingerprint density at radius 2 is 2.44 bits per heavy atom. The van der Waals surface area contributed by atoms with Gasteiger partial charge in [-0.15, -0.1) is 11.8 Å². The molecule has 1 N–H and O–H groups in total. The molecule has 2 heterocycles. The van der Waals surface area contributed by atoms with Crippen LogP contribution in [0.15, 0.2) is 11.0 Å². The lowest BCUT2D eigenvalue weighted by atomic mass is 10.5. The zero-order valence-electron chi connectivity index (χ0n) is 9.84. The highest BCUT2D eigenvalue weighted by atomic mass is 32.2. The van der Waals surface area contributed by atoms with Crippen LogP contribution in [-0.4, -0.2) is 26.6 Å². The van der Waals surface area contributed by atoms with Gasteiger partial charge in [-0.2, -0.15) is 4.98 Å². The SMILES string of the molecule is CC(=O)Nc1nc(=O)n(C2CSC(C)O2)cc1F. The van der Waals surface area contributed by atoms with Crippen LogP contribution in [-0.2, 0) is 9.53 Å². The largest absolute Gasteiger partial charge is 0.351 e. The van der Waals surface area contributed by atoms with Crippen LogP contribution in [0.2, 0.25) is 0 Å². The van der Waals surface area contributed by atoms with Gasteiger partial charge >= 0.3 is 5.69 Å². The highest BCUT2D eigenvalue weighted by Crippen LogP contribution is 2.30. The van der Waals surface area contributed by atoms with Crippen LogP contribution >= 0.6 is 11.8 Å². The number of aromatic nitrogens is 2. The minimum Gasteiger partial charge on any atom is -0.343 e. The summed E-state index contributed by atoms with van der Waals surface area (Å²) in [6.45, 7) is 3.07. The van der Waals surface area contributed by atoms with Crippen molar-refractivity contribution in [2.24, 2.45) is 0 Å². The maximum atomic E-state index is 13.6. The number of nitrogens with one attached hydrogen (secondary N) is 1. The predicted octanol–water partition coefficient (Wildman–Crippen LogP) is 0.949. The minimum atomic E-state index is -0.766. The summed E-state index contributed by atoms with van der Waals surface area (Å²) in [4.78, 5) is 26.0. The number of nitrogens with zero attached hydrogens (tertiary/aromatic N) is 2. The topological polar surface area (TPSA) is 73.2 Å². The molecule has 1 fully saturated rings. The average molecular weight is 273 g/mol. The molecule has 0 bridgehead atoms. The first kappa shape index (κ1) is 13.0. The molecular formula is C10H12FN3O3S. The van der Waals surface area contributed by atoms with Crippen LogP contribution in [0.1, 0.15) is 20.1 Å². The lowest BCUT2D eigenvalue weighted by molar-refractivity contribution is -0.114. The number of hydrogen-bond donors (Lipinski definition) is 1. The van der Waals surface area contributed by atoms with Crippen molar-refractivity contribution in [2.75, 3.05) is 11.1 Å². The Balaban J connectivity index is 2.31. The second-order valence-electron chi connectivity index (χ2n) is 3.80. The van der Waals surface area contributed by atoms with E-state index in [1.54, 1.807) is 0 Å². The number of carbonyl (C=O) groups is 1. The zero-order valence-corrected chi connectivity index (χ0v) is 10.7. The van der Waals surface area contributed by atoms with Gasteiger partial charge in [0.1, 0.15) is 11.7 Å². The van der Waals surface area contributed by atoms with Gasteiger partial charge in [-0.25, -0.2) is 9.18 Å². The number of hydrogen-bond acceptors (Lipinski definition) is 5. The second kappa shape index (κ2) is 5.07. The van der Waals surface area contributed by atoms with E-state index in [-0.39, 0.29) is 11.3 Å². The maximum absolute atomic E-state index is 13.6. The molecule has 1 aromatic heterocycles. The van der Waals surface area contributed by atoms with Crippen molar-refractivity contribution in [1.29, 1.82) is 0 Å². The van der Waals surface area contributed by atoms with E-state index in [9.17, 15) is 14.0 Å². The Hall–Kier alpha value is -1.41. The van der Waals surface area contributed by atoms with E-state index in [1.807, 2.05) is 6.92 Å². The molecule has 0 aromatic carbocycles. The number of halogens is 1. The summed E-state index contributed by atoms with van der Waals surface area (Å²) in [6, 6.07) is 0. The first-order chi connectivity index (χ1) is 8.47. The van der Waals surface area contributed by atoms with Gasteiger partial charge in [0.15, 0.2) is 11.6 Å². The molecule has 1 aromatic rings. The van der Waals surface area contributed by atoms with E-state index >= 15 is 0 Å². The molecule has 0 aliphatic carbocycles. The Bertz CT molecular complexity index is 534. The third-order valence-electron chi connectivity index (χ3n) is 2.33. The molecule has 1 aliphatic rings. The van der Waals surface area contributed by atoms with Crippen LogP contribution in [0.25, 0.3) is 0 Å². The van der Waals surface area contributed by atoms with Gasteiger partial charge in [-0.3, -0.25) is 9.36 Å². The van der Waals surface area contributed by atoms with Gasteiger partial charge in [-0.05, 0) is 6.92 Å². The quantitative estimate of drug-likeness (QED) is 0.868. The summed E-state index contributed by atoms with van der Waals surface area (Å²) < 4.78 is 20.2. The number of amides is 1. The van der Waals surface area contributed by atoms with Gasteiger partial charge in [0.05, 0.1) is 6.20 Å². The molecule has 2 unspecified atom stereocenters. The van der Waals surface area contributed by atoms with Crippen LogP contribution < -0.4 is 11.0 Å². The third kappa shape index (κ3) is 2.70. The van der Waals surface area contributed by atoms with Gasteiger partial charge in [0.2, 0.25) is 5.91 Å². The molecule has 1 aliphatic heterocycles. The van der Waals surface area contributed by atoms with Gasteiger partial charge in [-0.1, -0.05) is 0 Å². The normalized spacial score (nSPS) is 23.1. The minimum absolute atomic E-state index is 0.0417. The second-order valence-corrected chi connectivity index (χ2v) is 5.13. The van der Waals surface area contributed by atoms with Gasteiger partial charge in [0, 0.05) is 12.7 Å². The molecule has 6 nitrogen and oxygen atoms in total. The lowest BCUT2D eigenvalue weighted by Crippen LogP contribution is -2.30. The fraction of sp³-hybridized carbons (Fsp3) is 0.500. The molecule has 2 rings (SSSR count). The highest BCUT2D eigenvalue weighted by Gasteiger charge is 2.26. The van der Waals surface area contributed by atoms with E-state index in [2.05, 4.69) is 10.3 Å². The van der Waals surface area contributed by atoms with Crippen molar-refractivity contribution in [3.05, 3.63) is 22.5 Å². The standard InChI is InChI=1S/C10H12FN3O3S/c1-5(15)12-9-7(11)3-14(10(16)13-9)8-4-18-6(2)17-8/h3,6,8H,4H2,1-2H3,(H,12,13,15,16). The van der Waals surface area contributed by atoms with E-state index < -0.39 is 23.6 Å². The number of thioether (sulfide) groups is 1. The maximum Gasteiger partial charge on any atom is 0.351 e. The van der Waals surface area contributed by atoms with Crippen LogP contribution in [0.5, 0.6) is 0 Å². The number of anilines is 1. The van der Waals surface area contributed by atoms with E-state index in [4.69, 9.17) is 4.74 Å². The van der Waals surface area contributed by atoms with Crippen LogP contribution in [0.3, 0.4) is 0 Å². The fourth-order valence-corrected chi connectivity index (χ4v) is 2.45. The first-order valence-corrected chi connectivity index (χ1v) is 6.35. The Morgan fingerprint density at radius 3 is 3.00 bits per heavy atom. The molecule has 1 saturated heterocycles. The molecule has 18 heavy (non-hydrogen) atoms. The monoisotopic (exact) mass is 273 g/mol. The van der Waals surface area contributed by atoms with Crippen LogP contribution in [0.4, 0.5) is 10.2 Å². The molecule has 8 heteroatoms. The lowest BCUT2D eigenvalue weighted by Gasteiger charge is -2.13. The Morgan fingerprint density at radius 1 is 1.72 bits per heavy atom. The summed E-state index contributed by atoms with van der Waals surface area (Å²) >= 11 is 1.53. The Labute approximate surface area is 107 Å². The summed E-state index contributed by atoms with van der Waals surface area (Å²) in [7, 11) is 0. The highest BCUT2D eigenvalue weighted by molar-refractivity contribution is 7.99. The van der Waals surface area contributed by atoms with Crippen LogP contribution in [0, 0.1) is 5.82 Å². The van der Waals surface area contributed by atoms with E-state index in [0.29, 0.717) is 5.75 Å². The summed E-state index contributed by atoms with van der Waals surface area (Å²) in [6.07, 6.45) is 0.482.